The van der Waals surface area contributed by atoms with Crippen molar-refractivity contribution in [2.45, 2.75) is 19.3 Å². The van der Waals surface area contributed by atoms with E-state index >= 15 is 0 Å². The van der Waals surface area contributed by atoms with Gasteiger partial charge in [0.2, 0.25) is 11.7 Å². The monoisotopic (exact) mass is 435 g/mol. The zero-order valence-corrected chi connectivity index (χ0v) is 17.1. The van der Waals surface area contributed by atoms with Gasteiger partial charge in [-0.25, -0.2) is 0 Å². The van der Waals surface area contributed by atoms with Gasteiger partial charge in [-0.3, -0.25) is 4.79 Å². The molecule has 8 nitrogen and oxygen atoms in total. The van der Waals surface area contributed by atoms with Crippen LogP contribution in [0, 0.1) is 0 Å². The molecule has 0 N–H and O–H groups in total. The van der Waals surface area contributed by atoms with Crippen molar-refractivity contribution in [1.82, 2.24) is 25.1 Å². The zero-order chi connectivity index (χ0) is 22.6. The third kappa shape index (κ3) is 5.30. The number of carbonyl (C=O) groups excluding carboxylic acids is 1. The second-order valence-electron chi connectivity index (χ2n) is 6.66. The van der Waals surface area contributed by atoms with Crippen LogP contribution < -0.4 is 9.47 Å². The molecule has 0 atom stereocenters. The van der Waals surface area contributed by atoms with Crippen molar-refractivity contribution >= 4 is 5.91 Å². The van der Waals surface area contributed by atoms with Gasteiger partial charge < -0.3 is 14.4 Å². The molecule has 0 unspecified atom stereocenters. The topological polar surface area (TPSA) is 82.4 Å². The average molecular weight is 435 g/mol. The molecular weight excluding hydrogens is 415 g/mol. The molecule has 3 aromatic rings. The number of hydrogen-bond acceptors (Lipinski definition) is 6. The number of methoxy groups -OCH3 is 2. The van der Waals surface area contributed by atoms with Crippen molar-refractivity contribution in [3.05, 3.63) is 53.6 Å². The molecule has 0 aliphatic carbocycles. The van der Waals surface area contributed by atoms with Crippen LogP contribution in [0.2, 0.25) is 0 Å². The van der Waals surface area contributed by atoms with E-state index < -0.39 is 11.7 Å². The maximum absolute atomic E-state index is 12.9. The van der Waals surface area contributed by atoms with Crippen LogP contribution >= 0.6 is 0 Å². The summed E-state index contributed by atoms with van der Waals surface area (Å²) in [5.74, 6) is 0.822. The van der Waals surface area contributed by atoms with Gasteiger partial charge in [-0.1, -0.05) is 18.2 Å². The van der Waals surface area contributed by atoms with E-state index in [0.717, 1.165) is 22.5 Å². The lowest BCUT2D eigenvalue weighted by molar-refractivity contribution is -0.137. The number of rotatable bonds is 7. The highest BCUT2D eigenvalue weighted by Gasteiger charge is 2.30. The summed E-state index contributed by atoms with van der Waals surface area (Å²) in [5, 5.41) is 11.6. The molecule has 11 heteroatoms. The van der Waals surface area contributed by atoms with E-state index in [1.54, 1.807) is 19.2 Å². The van der Waals surface area contributed by atoms with Crippen LogP contribution in [0.15, 0.2) is 42.5 Å². The summed E-state index contributed by atoms with van der Waals surface area (Å²) >= 11 is 0. The predicted molar refractivity (Wildman–Crippen MR) is 104 cm³/mol. The maximum Gasteiger partial charge on any atom is 0.416 e. The Hall–Kier alpha value is -3.63. The second-order valence-corrected chi connectivity index (χ2v) is 6.66. The lowest BCUT2D eigenvalue weighted by atomic mass is 10.1. The van der Waals surface area contributed by atoms with Crippen LogP contribution in [0.3, 0.4) is 0 Å². The van der Waals surface area contributed by atoms with Gasteiger partial charge in [-0.2, -0.15) is 18.0 Å². The zero-order valence-electron chi connectivity index (χ0n) is 17.1. The fraction of sp³-hybridized carbons (Fsp3) is 0.300. The molecule has 31 heavy (non-hydrogen) atoms. The summed E-state index contributed by atoms with van der Waals surface area (Å²) in [4.78, 5) is 15.0. The predicted octanol–water partition coefficient (Wildman–Crippen LogP) is 3.03. The molecule has 0 spiro atoms. The fourth-order valence-electron chi connectivity index (χ4n) is 2.84. The van der Waals surface area contributed by atoms with E-state index in [1.807, 2.05) is 6.07 Å². The molecule has 0 saturated carbocycles. The third-order valence-electron chi connectivity index (χ3n) is 4.47. The van der Waals surface area contributed by atoms with Crippen LogP contribution in [0.5, 0.6) is 11.5 Å². The normalized spacial score (nSPS) is 11.3. The Morgan fingerprint density at radius 2 is 1.84 bits per heavy atom. The molecule has 0 fully saturated rings. The van der Waals surface area contributed by atoms with E-state index in [1.165, 1.54) is 31.3 Å². The molecule has 0 radical (unpaired) electrons. The number of aromatic nitrogens is 4. The Labute approximate surface area is 176 Å². The second kappa shape index (κ2) is 9.02. The van der Waals surface area contributed by atoms with Gasteiger partial charge in [0, 0.05) is 19.2 Å². The van der Waals surface area contributed by atoms with Crippen LogP contribution in [0.1, 0.15) is 11.1 Å². The molecule has 1 amide bonds. The first kappa shape index (κ1) is 22.1. The molecule has 0 aliphatic rings. The minimum atomic E-state index is -4.48. The molecule has 0 bridgehead atoms. The highest BCUT2D eigenvalue weighted by Crippen LogP contribution is 2.31. The third-order valence-corrected chi connectivity index (χ3v) is 4.47. The number of nitrogens with zero attached hydrogens (tertiary/aromatic N) is 5. The Morgan fingerprint density at radius 1 is 1.10 bits per heavy atom. The quantitative estimate of drug-likeness (QED) is 0.568. The van der Waals surface area contributed by atoms with Crippen LogP contribution in [0.25, 0.3) is 11.4 Å². The molecular formula is C20H20F3N5O3. The summed E-state index contributed by atoms with van der Waals surface area (Å²) in [7, 11) is 4.67. The Morgan fingerprint density at radius 3 is 2.52 bits per heavy atom. The summed E-state index contributed by atoms with van der Waals surface area (Å²) < 4.78 is 49.1. The van der Waals surface area contributed by atoms with Crippen molar-refractivity contribution < 1.29 is 27.4 Å². The number of amides is 1. The van der Waals surface area contributed by atoms with Crippen LogP contribution in [0.4, 0.5) is 13.2 Å². The largest absolute Gasteiger partial charge is 0.493 e. The summed E-state index contributed by atoms with van der Waals surface area (Å²) in [5.41, 5.74) is 0.170. The number of carbonyl (C=O) groups is 1. The number of halogens is 3. The van der Waals surface area contributed by atoms with E-state index in [9.17, 15) is 18.0 Å². The van der Waals surface area contributed by atoms with E-state index in [2.05, 4.69) is 15.4 Å². The number of likely N-dealkylation sites (N-methyl/N-ethyl adjacent to an activating group) is 1. The van der Waals surface area contributed by atoms with Gasteiger partial charge in [0.1, 0.15) is 6.54 Å². The minimum Gasteiger partial charge on any atom is -0.493 e. The van der Waals surface area contributed by atoms with Gasteiger partial charge >= 0.3 is 6.18 Å². The Bertz CT molecular complexity index is 1070. The van der Waals surface area contributed by atoms with Gasteiger partial charge in [-0.05, 0) is 35.0 Å². The van der Waals surface area contributed by atoms with Crippen molar-refractivity contribution in [2.75, 3.05) is 21.3 Å². The Kier molecular flexibility index (Phi) is 6.42. The van der Waals surface area contributed by atoms with E-state index in [-0.39, 0.29) is 23.8 Å². The number of alkyl halides is 3. The number of hydrogen-bond donors (Lipinski definition) is 0. The molecule has 3 rings (SSSR count). The van der Waals surface area contributed by atoms with E-state index in [0.29, 0.717) is 18.0 Å². The van der Waals surface area contributed by atoms with Gasteiger partial charge in [-0.15, -0.1) is 10.2 Å². The first-order chi connectivity index (χ1) is 14.7. The smallest absolute Gasteiger partial charge is 0.416 e. The maximum atomic E-state index is 12.9. The Balaban J connectivity index is 1.67. The summed E-state index contributed by atoms with van der Waals surface area (Å²) in [6, 6.07) is 9.93. The summed E-state index contributed by atoms with van der Waals surface area (Å²) in [6.45, 7) is 0.0874. The first-order valence-electron chi connectivity index (χ1n) is 9.11. The molecule has 164 valence electrons. The minimum absolute atomic E-state index is 0.00134. The molecule has 1 aromatic heterocycles. The number of benzene rings is 2. The highest BCUT2D eigenvalue weighted by atomic mass is 19.4. The number of tetrazole rings is 1. The highest BCUT2D eigenvalue weighted by molar-refractivity contribution is 5.75. The van der Waals surface area contributed by atoms with Crippen molar-refractivity contribution in [2.24, 2.45) is 0 Å². The average Bonchev–Trinajstić information content (AvgIpc) is 3.21. The van der Waals surface area contributed by atoms with Crippen molar-refractivity contribution in [3.63, 3.8) is 0 Å². The van der Waals surface area contributed by atoms with E-state index in [4.69, 9.17) is 9.47 Å². The van der Waals surface area contributed by atoms with Crippen molar-refractivity contribution in [1.29, 1.82) is 0 Å². The van der Waals surface area contributed by atoms with Gasteiger partial charge in [0.25, 0.3) is 0 Å². The van der Waals surface area contributed by atoms with Gasteiger partial charge in [0.15, 0.2) is 11.5 Å². The lowest BCUT2D eigenvalue weighted by Crippen LogP contribution is -2.30. The van der Waals surface area contributed by atoms with Crippen LogP contribution in [-0.2, 0) is 24.1 Å². The molecule has 0 saturated heterocycles. The fourth-order valence-corrected chi connectivity index (χ4v) is 2.84. The number of ether oxygens (including phenoxy) is 2. The standard InChI is InChI=1S/C20H20F3N5O3/c1-27(11-13-7-8-16(30-2)17(9-13)31-3)18(29)12-28-25-19(24-26-28)14-5-4-6-15(10-14)20(21,22)23/h4-10H,11-12H2,1-3H3. The molecule has 0 aliphatic heterocycles. The SMILES string of the molecule is COc1ccc(CN(C)C(=O)Cn2nnc(-c3cccc(C(F)(F)F)c3)n2)cc1OC. The first-order valence-corrected chi connectivity index (χ1v) is 9.11. The molecule has 2 aromatic carbocycles. The van der Waals surface area contributed by atoms with Crippen molar-refractivity contribution in [3.8, 4) is 22.9 Å². The van der Waals surface area contributed by atoms with Crippen LogP contribution in [-0.4, -0.2) is 52.3 Å². The molecule has 1 heterocycles. The lowest BCUT2D eigenvalue weighted by Gasteiger charge is -2.18. The van der Waals surface area contributed by atoms with Gasteiger partial charge in [0.05, 0.1) is 19.8 Å². The summed E-state index contributed by atoms with van der Waals surface area (Å²) in [6.07, 6.45) is -4.48.